The van der Waals surface area contributed by atoms with Crippen molar-refractivity contribution in [3.63, 3.8) is 0 Å². The lowest BCUT2D eigenvalue weighted by atomic mass is 10.2. The van der Waals surface area contributed by atoms with Crippen molar-refractivity contribution < 1.29 is 13.2 Å². The van der Waals surface area contributed by atoms with Gasteiger partial charge in [0, 0.05) is 22.8 Å². The molecule has 0 aromatic heterocycles. The molecule has 4 nitrogen and oxygen atoms in total. The summed E-state index contributed by atoms with van der Waals surface area (Å²) in [6, 6.07) is 5.82. The first-order chi connectivity index (χ1) is 9.82. The molecule has 0 saturated heterocycles. The lowest BCUT2D eigenvalue weighted by molar-refractivity contribution is 0.225. The van der Waals surface area contributed by atoms with E-state index in [-0.39, 0.29) is 17.5 Å². The molecule has 0 heterocycles. The van der Waals surface area contributed by atoms with Gasteiger partial charge >= 0.3 is 0 Å². The molecule has 1 unspecified atom stereocenters. The summed E-state index contributed by atoms with van der Waals surface area (Å²) in [5, 5.41) is 0. The van der Waals surface area contributed by atoms with Crippen LogP contribution in [0.15, 0.2) is 22.7 Å². The highest BCUT2D eigenvalue weighted by Gasteiger charge is 2.20. The summed E-state index contributed by atoms with van der Waals surface area (Å²) < 4.78 is 29.8. The summed E-state index contributed by atoms with van der Waals surface area (Å²) in [4.78, 5) is 2.16. The topological polar surface area (TPSA) is 46.6 Å². The van der Waals surface area contributed by atoms with E-state index < -0.39 is 9.84 Å². The Morgan fingerprint density at radius 2 is 2.00 bits per heavy atom. The molecule has 1 aromatic rings. The molecule has 0 aliphatic rings. The third-order valence-corrected chi connectivity index (χ3v) is 6.23. The number of hydrogen-bond acceptors (Lipinski definition) is 4. The first-order valence-corrected chi connectivity index (χ1v) is 9.71. The summed E-state index contributed by atoms with van der Waals surface area (Å²) >= 11 is 3.54. The SMILES string of the molecule is CCN(Cc1cc(OC)ccc1Br)C(C)CS(=O)(=O)CC. The van der Waals surface area contributed by atoms with Crippen molar-refractivity contribution in [2.75, 3.05) is 25.2 Å². The van der Waals surface area contributed by atoms with Crippen LogP contribution in [0.5, 0.6) is 5.75 Å². The van der Waals surface area contributed by atoms with E-state index >= 15 is 0 Å². The Morgan fingerprint density at radius 3 is 2.52 bits per heavy atom. The van der Waals surface area contributed by atoms with Crippen LogP contribution in [0.1, 0.15) is 26.3 Å². The standard InChI is InChI=1S/C15H24BrNO3S/c1-5-17(12(3)11-21(18,19)6-2)10-13-9-14(20-4)7-8-15(13)16/h7-9,12H,5-6,10-11H2,1-4H3. The Labute approximate surface area is 136 Å². The van der Waals surface area contributed by atoms with Crippen LogP contribution in [-0.2, 0) is 16.4 Å². The van der Waals surface area contributed by atoms with Crippen molar-refractivity contribution in [2.24, 2.45) is 0 Å². The Bertz CT molecular complexity index is 560. The molecule has 1 atom stereocenters. The Morgan fingerprint density at radius 1 is 1.33 bits per heavy atom. The second-order valence-electron chi connectivity index (χ2n) is 5.07. The normalized spacial score (nSPS) is 13.4. The molecule has 0 spiro atoms. The van der Waals surface area contributed by atoms with Crippen molar-refractivity contribution in [1.82, 2.24) is 4.90 Å². The quantitative estimate of drug-likeness (QED) is 0.698. The largest absolute Gasteiger partial charge is 0.497 e. The van der Waals surface area contributed by atoms with Gasteiger partial charge in [-0.3, -0.25) is 4.90 Å². The van der Waals surface area contributed by atoms with E-state index in [0.717, 1.165) is 22.3 Å². The van der Waals surface area contributed by atoms with Crippen LogP contribution in [0.2, 0.25) is 0 Å². The predicted molar refractivity (Wildman–Crippen MR) is 90.6 cm³/mol. The van der Waals surface area contributed by atoms with E-state index in [1.54, 1.807) is 14.0 Å². The number of benzene rings is 1. The van der Waals surface area contributed by atoms with Gasteiger partial charge in [0.25, 0.3) is 0 Å². The highest BCUT2D eigenvalue weighted by atomic mass is 79.9. The fourth-order valence-electron chi connectivity index (χ4n) is 2.19. The molecule has 1 rings (SSSR count). The van der Waals surface area contributed by atoms with Gasteiger partial charge in [0.1, 0.15) is 5.75 Å². The lowest BCUT2D eigenvalue weighted by Crippen LogP contribution is -2.38. The minimum Gasteiger partial charge on any atom is -0.497 e. The number of methoxy groups -OCH3 is 1. The van der Waals surface area contributed by atoms with Gasteiger partial charge < -0.3 is 4.74 Å². The van der Waals surface area contributed by atoms with Crippen LogP contribution in [0, 0.1) is 0 Å². The van der Waals surface area contributed by atoms with Gasteiger partial charge in [-0.2, -0.15) is 0 Å². The third kappa shape index (κ3) is 5.60. The monoisotopic (exact) mass is 377 g/mol. The number of ether oxygens (including phenoxy) is 1. The number of rotatable bonds is 8. The van der Waals surface area contributed by atoms with Crippen LogP contribution in [0.4, 0.5) is 0 Å². The zero-order chi connectivity index (χ0) is 16.0. The minimum absolute atomic E-state index is 0.0157. The van der Waals surface area contributed by atoms with Crippen molar-refractivity contribution in [3.05, 3.63) is 28.2 Å². The van der Waals surface area contributed by atoms with Crippen LogP contribution < -0.4 is 4.74 Å². The molecule has 0 saturated carbocycles. The van der Waals surface area contributed by atoms with E-state index in [4.69, 9.17) is 4.74 Å². The predicted octanol–water partition coefficient (Wildman–Crippen LogP) is 3.10. The second kappa shape index (κ2) is 8.15. The molecular weight excluding hydrogens is 354 g/mol. The fourth-order valence-corrected chi connectivity index (χ4v) is 3.74. The van der Waals surface area contributed by atoms with Crippen molar-refractivity contribution in [1.29, 1.82) is 0 Å². The van der Waals surface area contributed by atoms with Gasteiger partial charge in [-0.05, 0) is 37.2 Å². The van der Waals surface area contributed by atoms with Crippen LogP contribution >= 0.6 is 15.9 Å². The molecule has 0 aliphatic carbocycles. The molecule has 0 aliphatic heterocycles. The molecular formula is C15H24BrNO3S. The van der Waals surface area contributed by atoms with Crippen LogP contribution in [0.3, 0.4) is 0 Å². The summed E-state index contributed by atoms with van der Waals surface area (Å²) in [6.07, 6.45) is 0. The number of hydrogen-bond donors (Lipinski definition) is 0. The van der Waals surface area contributed by atoms with Gasteiger partial charge in [-0.1, -0.05) is 29.8 Å². The second-order valence-corrected chi connectivity index (χ2v) is 8.32. The summed E-state index contributed by atoms with van der Waals surface area (Å²) in [5.41, 5.74) is 1.09. The van der Waals surface area contributed by atoms with E-state index in [1.165, 1.54) is 0 Å². The molecule has 1 aromatic carbocycles. The maximum absolute atomic E-state index is 11.8. The maximum atomic E-state index is 11.8. The van der Waals surface area contributed by atoms with Gasteiger partial charge in [-0.25, -0.2) is 8.42 Å². The van der Waals surface area contributed by atoms with Gasteiger partial charge in [-0.15, -0.1) is 0 Å². The zero-order valence-corrected chi connectivity index (χ0v) is 15.5. The fraction of sp³-hybridized carbons (Fsp3) is 0.600. The van der Waals surface area contributed by atoms with Crippen LogP contribution in [-0.4, -0.2) is 44.5 Å². The smallest absolute Gasteiger partial charge is 0.151 e. The molecule has 0 N–H and O–H groups in total. The molecule has 0 bridgehead atoms. The molecule has 120 valence electrons. The Balaban J connectivity index is 2.87. The third-order valence-electron chi connectivity index (χ3n) is 3.59. The van der Waals surface area contributed by atoms with Crippen molar-refractivity contribution >= 4 is 25.8 Å². The number of sulfone groups is 1. The zero-order valence-electron chi connectivity index (χ0n) is 13.1. The average molecular weight is 378 g/mol. The maximum Gasteiger partial charge on any atom is 0.151 e. The van der Waals surface area contributed by atoms with E-state index in [9.17, 15) is 8.42 Å². The first-order valence-electron chi connectivity index (χ1n) is 7.09. The Hall–Kier alpha value is -0.590. The number of halogens is 1. The van der Waals surface area contributed by atoms with Gasteiger partial charge in [0.2, 0.25) is 0 Å². The molecule has 0 amide bonds. The first kappa shape index (κ1) is 18.5. The summed E-state index contributed by atoms with van der Waals surface area (Å²) in [5.74, 6) is 1.19. The molecule has 21 heavy (non-hydrogen) atoms. The number of nitrogens with zero attached hydrogens (tertiary/aromatic N) is 1. The van der Waals surface area contributed by atoms with E-state index in [0.29, 0.717) is 6.54 Å². The van der Waals surface area contributed by atoms with Crippen LogP contribution in [0.25, 0.3) is 0 Å². The average Bonchev–Trinajstić information content (AvgIpc) is 2.45. The lowest BCUT2D eigenvalue weighted by Gasteiger charge is -2.28. The molecule has 6 heteroatoms. The van der Waals surface area contributed by atoms with Crippen molar-refractivity contribution in [2.45, 2.75) is 33.4 Å². The van der Waals surface area contributed by atoms with Gasteiger partial charge in [0.15, 0.2) is 9.84 Å². The molecule has 0 fully saturated rings. The van der Waals surface area contributed by atoms with Crippen molar-refractivity contribution in [3.8, 4) is 5.75 Å². The Kier molecular flexibility index (Phi) is 7.16. The van der Waals surface area contributed by atoms with E-state index in [1.807, 2.05) is 32.0 Å². The summed E-state index contributed by atoms with van der Waals surface area (Å²) in [6.45, 7) is 7.18. The highest BCUT2D eigenvalue weighted by molar-refractivity contribution is 9.10. The summed E-state index contributed by atoms with van der Waals surface area (Å²) in [7, 11) is -1.33. The molecule has 0 radical (unpaired) electrons. The minimum atomic E-state index is -2.97. The van der Waals surface area contributed by atoms with E-state index in [2.05, 4.69) is 20.8 Å². The highest BCUT2D eigenvalue weighted by Crippen LogP contribution is 2.24. The van der Waals surface area contributed by atoms with Gasteiger partial charge in [0.05, 0.1) is 12.9 Å².